The van der Waals surface area contributed by atoms with E-state index in [1.165, 1.54) is 7.11 Å². The third kappa shape index (κ3) is 5.21. The summed E-state index contributed by atoms with van der Waals surface area (Å²) in [4.78, 5) is 37.7. The largest absolute Gasteiger partial charge is 0.468 e. The molecule has 0 fully saturated rings. The Morgan fingerprint density at radius 3 is 2.59 bits per heavy atom. The highest BCUT2D eigenvalue weighted by atomic mass is 79.9. The summed E-state index contributed by atoms with van der Waals surface area (Å²) in [5, 5.41) is 15.6. The molecule has 2 aromatic carbocycles. The van der Waals surface area contributed by atoms with E-state index < -0.39 is 23.7 Å². The van der Waals surface area contributed by atoms with Gasteiger partial charge in [0.25, 0.3) is 0 Å². The van der Waals surface area contributed by atoms with Crippen molar-refractivity contribution in [2.45, 2.75) is 12.8 Å². The molecular weight excluding hydrogens is 494 g/mol. The molecule has 0 spiro atoms. The molecule has 1 aliphatic rings. The van der Waals surface area contributed by atoms with Gasteiger partial charge in [-0.1, -0.05) is 58.0 Å². The van der Waals surface area contributed by atoms with Crippen LogP contribution in [0.15, 0.2) is 63.6 Å². The Balaban J connectivity index is 1.86. The molecule has 2 N–H and O–H groups in total. The minimum Gasteiger partial charge on any atom is -0.468 e. The number of thioether (sulfide) groups is 1. The van der Waals surface area contributed by atoms with Gasteiger partial charge in [0, 0.05) is 16.1 Å². The van der Waals surface area contributed by atoms with Crippen LogP contribution >= 0.6 is 27.7 Å². The van der Waals surface area contributed by atoms with E-state index in [2.05, 4.69) is 32.6 Å². The van der Waals surface area contributed by atoms with Gasteiger partial charge in [-0.3, -0.25) is 14.4 Å². The molecule has 0 saturated carbocycles. The van der Waals surface area contributed by atoms with Gasteiger partial charge >= 0.3 is 5.97 Å². The highest BCUT2D eigenvalue weighted by molar-refractivity contribution is 9.10. The van der Waals surface area contributed by atoms with Crippen molar-refractivity contribution in [3.8, 4) is 6.07 Å². The predicted octanol–water partition coefficient (Wildman–Crippen LogP) is 3.87. The lowest BCUT2D eigenvalue weighted by atomic mass is 9.78. The fraction of sp³-hybridized carbons (Fsp3) is 0.217. The van der Waals surface area contributed by atoms with E-state index in [1.54, 1.807) is 36.4 Å². The van der Waals surface area contributed by atoms with Crippen LogP contribution < -0.4 is 10.6 Å². The Morgan fingerprint density at radius 1 is 1.25 bits per heavy atom. The van der Waals surface area contributed by atoms with Crippen LogP contribution in [0.3, 0.4) is 0 Å². The van der Waals surface area contributed by atoms with Crippen molar-refractivity contribution in [2.75, 3.05) is 18.2 Å². The minimum absolute atomic E-state index is 0.0271. The normalized spacial score (nSPS) is 17.9. The zero-order chi connectivity index (χ0) is 23.3. The first-order valence-corrected chi connectivity index (χ1v) is 11.4. The van der Waals surface area contributed by atoms with Crippen molar-refractivity contribution in [2.24, 2.45) is 5.92 Å². The maximum absolute atomic E-state index is 12.8. The van der Waals surface area contributed by atoms with Gasteiger partial charge in [0.15, 0.2) is 0 Å². The van der Waals surface area contributed by atoms with E-state index in [1.807, 2.05) is 19.1 Å². The second-order valence-electron chi connectivity index (χ2n) is 7.03. The van der Waals surface area contributed by atoms with Gasteiger partial charge in [0.1, 0.15) is 5.92 Å². The molecular formula is C23H20BrN3O4S. The molecule has 0 radical (unpaired) electrons. The summed E-state index contributed by atoms with van der Waals surface area (Å²) in [5.74, 6) is -3.61. The summed E-state index contributed by atoms with van der Waals surface area (Å²) >= 11 is 4.43. The summed E-state index contributed by atoms with van der Waals surface area (Å²) in [6, 6.07) is 16.5. The Morgan fingerprint density at radius 2 is 1.97 bits per heavy atom. The molecule has 164 valence electrons. The van der Waals surface area contributed by atoms with Crippen LogP contribution in [0.25, 0.3) is 0 Å². The molecule has 1 aliphatic heterocycles. The van der Waals surface area contributed by atoms with E-state index in [4.69, 9.17) is 4.74 Å². The first kappa shape index (κ1) is 23.6. The van der Waals surface area contributed by atoms with Gasteiger partial charge in [-0.15, -0.1) is 0 Å². The molecule has 32 heavy (non-hydrogen) atoms. The SMILES string of the molecule is COC(=O)[C@@H]1C(=O)NC(SCC(=O)Nc2ccc(Br)cc2C)=C(C#N)[C@@H]1c1ccccc1. The highest BCUT2D eigenvalue weighted by Crippen LogP contribution is 2.40. The fourth-order valence-corrected chi connectivity index (χ4v) is 4.76. The summed E-state index contributed by atoms with van der Waals surface area (Å²) in [5.41, 5.74) is 2.42. The molecule has 0 aliphatic carbocycles. The summed E-state index contributed by atoms with van der Waals surface area (Å²) in [6.07, 6.45) is 0. The number of nitrogens with one attached hydrogen (secondary N) is 2. The van der Waals surface area contributed by atoms with Crippen LogP contribution in [-0.4, -0.2) is 30.6 Å². The Hall–Kier alpha value is -3.09. The number of nitrogens with zero attached hydrogens (tertiary/aromatic N) is 1. The van der Waals surface area contributed by atoms with Crippen LogP contribution in [-0.2, 0) is 19.1 Å². The topological polar surface area (TPSA) is 108 Å². The number of nitriles is 1. The summed E-state index contributed by atoms with van der Waals surface area (Å²) < 4.78 is 5.72. The smallest absolute Gasteiger partial charge is 0.319 e. The van der Waals surface area contributed by atoms with Gasteiger partial charge < -0.3 is 15.4 Å². The first-order chi connectivity index (χ1) is 15.3. The first-order valence-electron chi connectivity index (χ1n) is 9.62. The van der Waals surface area contributed by atoms with Crippen molar-refractivity contribution < 1.29 is 19.1 Å². The Labute approximate surface area is 198 Å². The van der Waals surface area contributed by atoms with Crippen molar-refractivity contribution in [3.63, 3.8) is 0 Å². The number of benzene rings is 2. The van der Waals surface area contributed by atoms with E-state index in [-0.39, 0.29) is 22.3 Å². The van der Waals surface area contributed by atoms with Crippen molar-refractivity contribution >= 4 is 51.2 Å². The van der Waals surface area contributed by atoms with E-state index in [0.717, 1.165) is 21.8 Å². The van der Waals surface area contributed by atoms with E-state index in [0.29, 0.717) is 11.3 Å². The minimum atomic E-state index is -1.19. The molecule has 9 heteroatoms. The number of amides is 2. The number of hydrogen-bond acceptors (Lipinski definition) is 6. The number of methoxy groups -OCH3 is 1. The second kappa shape index (κ2) is 10.5. The molecule has 0 saturated heterocycles. The molecule has 2 amide bonds. The number of halogens is 1. The maximum Gasteiger partial charge on any atom is 0.319 e. The molecule has 0 aromatic heterocycles. The van der Waals surface area contributed by atoms with E-state index >= 15 is 0 Å². The number of esters is 1. The van der Waals surface area contributed by atoms with Gasteiger partial charge in [-0.2, -0.15) is 5.26 Å². The van der Waals surface area contributed by atoms with Crippen LogP contribution in [0.4, 0.5) is 5.69 Å². The quantitative estimate of drug-likeness (QED) is 0.448. The number of ether oxygens (including phenoxy) is 1. The third-order valence-electron chi connectivity index (χ3n) is 4.95. The number of hydrogen-bond donors (Lipinski definition) is 2. The molecule has 0 unspecified atom stereocenters. The lowest BCUT2D eigenvalue weighted by Gasteiger charge is -2.30. The van der Waals surface area contributed by atoms with Crippen molar-refractivity contribution in [1.29, 1.82) is 5.26 Å². The second-order valence-corrected chi connectivity index (χ2v) is 8.93. The lowest BCUT2D eigenvalue weighted by molar-refractivity contribution is -0.150. The standard InChI is InChI=1S/C23H20BrN3O4S/c1-13-10-15(24)8-9-17(13)26-18(28)12-32-22-16(11-25)19(14-6-4-3-5-7-14)20(21(29)27-22)23(30)31-2/h3-10,19-20H,12H2,1-2H3,(H,26,28)(H,27,29)/t19-,20-/m0/s1. The monoisotopic (exact) mass is 513 g/mol. The lowest BCUT2D eigenvalue weighted by Crippen LogP contribution is -2.44. The zero-order valence-corrected chi connectivity index (χ0v) is 19.7. The third-order valence-corrected chi connectivity index (χ3v) is 6.46. The predicted molar refractivity (Wildman–Crippen MR) is 125 cm³/mol. The number of carbonyl (C=O) groups is 3. The summed E-state index contributed by atoms with van der Waals surface area (Å²) in [6.45, 7) is 1.88. The van der Waals surface area contributed by atoms with Crippen LogP contribution in [0.5, 0.6) is 0 Å². The number of allylic oxidation sites excluding steroid dienone is 1. The van der Waals surface area contributed by atoms with Gasteiger partial charge in [0.05, 0.1) is 29.5 Å². The average molecular weight is 514 g/mol. The van der Waals surface area contributed by atoms with Crippen LogP contribution in [0.1, 0.15) is 17.0 Å². The van der Waals surface area contributed by atoms with Gasteiger partial charge in [0.2, 0.25) is 11.8 Å². The van der Waals surface area contributed by atoms with Crippen LogP contribution in [0, 0.1) is 24.2 Å². The molecule has 2 aromatic rings. The summed E-state index contributed by atoms with van der Waals surface area (Å²) in [7, 11) is 1.20. The molecule has 7 nitrogen and oxygen atoms in total. The van der Waals surface area contributed by atoms with Crippen molar-refractivity contribution in [3.05, 3.63) is 74.7 Å². The number of anilines is 1. The zero-order valence-electron chi connectivity index (χ0n) is 17.3. The van der Waals surface area contributed by atoms with Gasteiger partial charge in [-0.05, 0) is 36.2 Å². The molecule has 3 rings (SSSR count). The Bertz CT molecular complexity index is 1130. The maximum atomic E-state index is 12.8. The van der Waals surface area contributed by atoms with E-state index in [9.17, 15) is 19.6 Å². The van der Waals surface area contributed by atoms with Crippen LogP contribution in [0.2, 0.25) is 0 Å². The molecule has 0 bridgehead atoms. The Kier molecular flexibility index (Phi) is 7.72. The fourth-order valence-electron chi connectivity index (χ4n) is 3.43. The molecule has 1 heterocycles. The van der Waals surface area contributed by atoms with Crippen molar-refractivity contribution in [1.82, 2.24) is 5.32 Å². The number of carbonyl (C=O) groups excluding carboxylic acids is 3. The van der Waals surface area contributed by atoms with Gasteiger partial charge in [-0.25, -0.2) is 0 Å². The number of aryl methyl sites for hydroxylation is 1. The number of rotatable bonds is 6. The highest BCUT2D eigenvalue weighted by Gasteiger charge is 2.44. The average Bonchev–Trinajstić information content (AvgIpc) is 2.79. The molecule has 2 atom stereocenters.